The van der Waals surface area contributed by atoms with Gasteiger partial charge >= 0.3 is 0 Å². The van der Waals surface area contributed by atoms with Crippen LogP contribution in [0.2, 0.25) is 0 Å². The van der Waals surface area contributed by atoms with Crippen LogP contribution in [0.25, 0.3) is 0 Å². The summed E-state index contributed by atoms with van der Waals surface area (Å²) < 4.78 is 0. The second-order valence-corrected chi connectivity index (χ2v) is 5.87. The normalized spacial score (nSPS) is 15.0. The summed E-state index contributed by atoms with van der Waals surface area (Å²) in [7, 11) is 1.81. The van der Waals surface area contributed by atoms with Gasteiger partial charge in [-0.1, -0.05) is 18.2 Å². The van der Waals surface area contributed by atoms with Crippen LogP contribution < -0.4 is 10.2 Å². The predicted octanol–water partition coefficient (Wildman–Crippen LogP) is 1.85. The van der Waals surface area contributed by atoms with Crippen LogP contribution in [0.3, 0.4) is 0 Å². The van der Waals surface area contributed by atoms with E-state index >= 15 is 0 Å². The van der Waals surface area contributed by atoms with E-state index in [1.807, 2.05) is 55.7 Å². The van der Waals surface area contributed by atoms with E-state index in [1.54, 1.807) is 0 Å². The lowest BCUT2D eigenvalue weighted by molar-refractivity contribution is 0.371. The van der Waals surface area contributed by atoms with Crippen molar-refractivity contribution in [2.24, 2.45) is 4.99 Å². The van der Waals surface area contributed by atoms with Crippen molar-refractivity contribution >= 4 is 11.8 Å². The van der Waals surface area contributed by atoms with E-state index in [0.717, 1.165) is 43.5 Å². The number of benzene rings is 1. The van der Waals surface area contributed by atoms with Gasteiger partial charge in [0.25, 0.3) is 0 Å². The lowest BCUT2D eigenvalue weighted by Crippen LogP contribution is -2.52. The van der Waals surface area contributed by atoms with Gasteiger partial charge in [0.2, 0.25) is 0 Å². The van der Waals surface area contributed by atoms with Crippen LogP contribution in [0.1, 0.15) is 11.1 Å². The highest BCUT2D eigenvalue weighted by Gasteiger charge is 2.20. The zero-order valence-corrected chi connectivity index (χ0v) is 14.4. The predicted molar refractivity (Wildman–Crippen MR) is 99.4 cm³/mol. The average molecular weight is 334 g/mol. The van der Waals surface area contributed by atoms with Crippen LogP contribution in [0.15, 0.2) is 53.7 Å². The zero-order chi connectivity index (χ0) is 17.5. The Balaban J connectivity index is 1.53. The second-order valence-electron chi connectivity index (χ2n) is 5.87. The number of nitrogens with one attached hydrogen (secondary N) is 1. The minimum absolute atomic E-state index is 0.679. The molecule has 25 heavy (non-hydrogen) atoms. The topological polar surface area (TPSA) is 67.6 Å². The molecule has 1 aromatic heterocycles. The molecule has 2 aromatic rings. The molecule has 0 saturated carbocycles. The summed E-state index contributed by atoms with van der Waals surface area (Å²) in [5, 5.41) is 12.3. The molecule has 0 bridgehead atoms. The minimum Gasteiger partial charge on any atom is -0.353 e. The van der Waals surface area contributed by atoms with Crippen LogP contribution in [0, 0.1) is 11.3 Å². The first kappa shape index (κ1) is 16.8. The Morgan fingerprint density at radius 3 is 2.52 bits per heavy atom. The van der Waals surface area contributed by atoms with Crippen molar-refractivity contribution in [2.45, 2.75) is 6.54 Å². The van der Waals surface area contributed by atoms with Crippen LogP contribution in [0.4, 0.5) is 5.82 Å². The summed E-state index contributed by atoms with van der Waals surface area (Å²) in [6, 6.07) is 15.8. The quantitative estimate of drug-likeness (QED) is 0.685. The van der Waals surface area contributed by atoms with Gasteiger partial charge in [0.1, 0.15) is 5.82 Å². The monoisotopic (exact) mass is 334 g/mol. The Kier molecular flexibility index (Phi) is 5.47. The number of aromatic nitrogens is 1. The highest BCUT2D eigenvalue weighted by molar-refractivity contribution is 5.80. The van der Waals surface area contributed by atoms with Gasteiger partial charge in [-0.05, 0) is 29.8 Å². The first-order chi connectivity index (χ1) is 12.3. The van der Waals surface area contributed by atoms with E-state index < -0.39 is 0 Å². The van der Waals surface area contributed by atoms with Crippen LogP contribution >= 0.6 is 0 Å². The first-order valence-corrected chi connectivity index (χ1v) is 8.41. The van der Waals surface area contributed by atoms with E-state index in [4.69, 9.17) is 5.26 Å². The van der Waals surface area contributed by atoms with Gasteiger partial charge in [0, 0.05) is 46.0 Å². The number of pyridine rings is 1. The zero-order valence-electron chi connectivity index (χ0n) is 14.4. The van der Waals surface area contributed by atoms with Crippen molar-refractivity contribution in [3.05, 3.63) is 59.8 Å². The molecule has 1 aliphatic rings. The molecule has 6 heteroatoms. The lowest BCUT2D eigenvalue weighted by Gasteiger charge is -2.37. The molecule has 128 valence electrons. The molecule has 0 amide bonds. The van der Waals surface area contributed by atoms with Crippen molar-refractivity contribution in [1.82, 2.24) is 15.2 Å². The number of rotatable bonds is 3. The maximum absolute atomic E-state index is 8.86. The Hall–Kier alpha value is -3.07. The molecule has 6 nitrogen and oxygen atoms in total. The molecular weight excluding hydrogens is 312 g/mol. The van der Waals surface area contributed by atoms with Gasteiger partial charge in [0.15, 0.2) is 5.96 Å². The van der Waals surface area contributed by atoms with Crippen molar-refractivity contribution in [2.75, 3.05) is 38.1 Å². The fourth-order valence-electron chi connectivity index (χ4n) is 2.90. The fraction of sp³-hybridized carbons (Fsp3) is 0.316. The number of nitrogens with zero attached hydrogens (tertiary/aromatic N) is 5. The number of aliphatic imine (C=N–C) groups is 1. The van der Waals surface area contributed by atoms with Crippen molar-refractivity contribution in [1.29, 1.82) is 5.26 Å². The third-order valence-electron chi connectivity index (χ3n) is 4.30. The molecular formula is C19H22N6. The number of piperazine rings is 1. The smallest absolute Gasteiger partial charge is 0.194 e. The van der Waals surface area contributed by atoms with Gasteiger partial charge in [-0.25, -0.2) is 4.98 Å². The number of anilines is 1. The maximum atomic E-state index is 8.86. The number of nitriles is 1. The van der Waals surface area contributed by atoms with Gasteiger partial charge < -0.3 is 15.1 Å². The summed E-state index contributed by atoms with van der Waals surface area (Å²) in [5.74, 6) is 1.94. The van der Waals surface area contributed by atoms with E-state index in [9.17, 15) is 0 Å². The molecule has 0 aliphatic carbocycles. The Labute approximate surface area is 148 Å². The highest BCUT2D eigenvalue weighted by Crippen LogP contribution is 2.12. The van der Waals surface area contributed by atoms with Gasteiger partial charge in [-0.15, -0.1) is 0 Å². The molecule has 0 spiro atoms. The summed E-state index contributed by atoms with van der Waals surface area (Å²) in [4.78, 5) is 13.4. The number of hydrogen-bond acceptors (Lipinski definition) is 4. The fourth-order valence-corrected chi connectivity index (χ4v) is 2.90. The molecule has 0 atom stereocenters. The third-order valence-corrected chi connectivity index (χ3v) is 4.30. The highest BCUT2D eigenvalue weighted by atomic mass is 15.4. The Morgan fingerprint density at radius 1 is 1.16 bits per heavy atom. The summed E-state index contributed by atoms with van der Waals surface area (Å²) in [6.07, 6.45) is 1.83. The molecule has 1 fully saturated rings. The summed E-state index contributed by atoms with van der Waals surface area (Å²) in [5.41, 5.74) is 1.81. The largest absolute Gasteiger partial charge is 0.353 e. The van der Waals surface area contributed by atoms with Gasteiger partial charge in [0.05, 0.1) is 11.6 Å². The molecule has 0 unspecified atom stereocenters. The second kappa shape index (κ2) is 8.15. The van der Waals surface area contributed by atoms with Crippen molar-refractivity contribution in [3.63, 3.8) is 0 Å². The van der Waals surface area contributed by atoms with E-state index in [1.165, 1.54) is 0 Å². The number of hydrogen-bond donors (Lipinski definition) is 1. The molecule has 0 radical (unpaired) electrons. The molecule has 2 heterocycles. The van der Waals surface area contributed by atoms with Crippen molar-refractivity contribution in [3.8, 4) is 6.07 Å². The molecule has 3 rings (SSSR count). The Morgan fingerprint density at radius 2 is 1.92 bits per heavy atom. The van der Waals surface area contributed by atoms with Crippen LogP contribution in [-0.2, 0) is 6.54 Å². The third kappa shape index (κ3) is 4.27. The van der Waals surface area contributed by atoms with E-state index in [-0.39, 0.29) is 0 Å². The molecule has 1 saturated heterocycles. The van der Waals surface area contributed by atoms with Crippen LogP contribution in [-0.4, -0.2) is 49.1 Å². The minimum atomic E-state index is 0.679. The number of guanidine groups is 1. The first-order valence-electron chi connectivity index (χ1n) is 8.41. The molecule has 1 aromatic carbocycles. The lowest BCUT2D eigenvalue weighted by atomic mass is 10.1. The molecule has 1 aliphatic heterocycles. The van der Waals surface area contributed by atoms with E-state index in [2.05, 4.69) is 31.2 Å². The SMILES string of the molecule is CN=C(NCc1ccc(C#N)cc1)N1CCN(c2ccccn2)CC1. The van der Waals surface area contributed by atoms with Crippen LogP contribution in [0.5, 0.6) is 0 Å². The van der Waals surface area contributed by atoms with Gasteiger partial charge in [-0.2, -0.15) is 5.26 Å². The molecule has 1 N–H and O–H groups in total. The van der Waals surface area contributed by atoms with Crippen molar-refractivity contribution < 1.29 is 0 Å². The Bertz CT molecular complexity index is 740. The average Bonchev–Trinajstić information content (AvgIpc) is 2.70. The standard InChI is InChI=1S/C19H22N6/c1-21-19(23-15-17-7-5-16(14-20)6-8-17)25-12-10-24(11-13-25)18-4-2-3-9-22-18/h2-9H,10-13,15H2,1H3,(H,21,23). The van der Waals surface area contributed by atoms with E-state index in [0.29, 0.717) is 12.1 Å². The van der Waals surface area contributed by atoms with Gasteiger partial charge in [-0.3, -0.25) is 4.99 Å². The summed E-state index contributed by atoms with van der Waals surface area (Å²) in [6.45, 7) is 4.36. The maximum Gasteiger partial charge on any atom is 0.194 e. The summed E-state index contributed by atoms with van der Waals surface area (Å²) >= 11 is 0.